The minimum absolute atomic E-state index is 0.135. The SMILES string of the molecule is Cc1ccc(S(=O)(=O)OOOS(=O)(=O)c2ccc(C)cc2-c2cc(C(C)(C)C)c(O)c(C(C)(C)C)c2)c(-c2cc(C(C)(C)C)c(O)c(C(C)(C)C)c2)c1. The van der Waals surface area contributed by atoms with E-state index in [9.17, 15) is 27.0 Å². The summed E-state index contributed by atoms with van der Waals surface area (Å²) in [5, 5.41) is 27.2. The van der Waals surface area contributed by atoms with Gasteiger partial charge in [0.1, 0.15) is 21.3 Å². The molecule has 11 heteroatoms. The predicted octanol–water partition coefficient (Wildman–Crippen LogP) is 10.2. The molecule has 0 atom stereocenters. The Kier molecular flexibility index (Phi) is 11.2. The first-order valence-electron chi connectivity index (χ1n) is 17.5. The van der Waals surface area contributed by atoms with E-state index < -0.39 is 41.9 Å². The Bertz CT molecular complexity index is 2030. The highest BCUT2D eigenvalue weighted by molar-refractivity contribution is 7.87. The van der Waals surface area contributed by atoms with E-state index in [4.69, 9.17) is 8.67 Å². The Hall–Kier alpha value is -3.74. The number of phenolic OH excluding ortho intramolecular Hbond substituents is 2. The van der Waals surface area contributed by atoms with Crippen LogP contribution < -0.4 is 0 Å². The van der Waals surface area contributed by atoms with Gasteiger partial charge in [-0.1, -0.05) is 127 Å². The lowest BCUT2D eigenvalue weighted by Gasteiger charge is -2.28. The van der Waals surface area contributed by atoms with Gasteiger partial charge in [-0.3, -0.25) is 0 Å². The van der Waals surface area contributed by atoms with Crippen LogP contribution in [0.3, 0.4) is 0 Å². The molecule has 2 N–H and O–H groups in total. The fourth-order valence-corrected chi connectivity index (χ4v) is 7.94. The molecule has 0 heterocycles. The van der Waals surface area contributed by atoms with Gasteiger partial charge < -0.3 is 10.2 Å². The van der Waals surface area contributed by atoms with Crippen molar-refractivity contribution in [3.8, 4) is 33.8 Å². The lowest BCUT2D eigenvalue weighted by atomic mass is 9.77. The Labute approximate surface area is 316 Å². The monoisotopic (exact) mass is 766 g/mol. The Morgan fingerprint density at radius 2 is 0.717 bits per heavy atom. The number of hydrogen-bond acceptors (Lipinski definition) is 9. The highest BCUT2D eigenvalue weighted by atomic mass is 32.2. The summed E-state index contributed by atoms with van der Waals surface area (Å²) in [5.74, 6) is 0.270. The molecular formula is C42H54O9S2. The molecule has 288 valence electrons. The average molecular weight is 767 g/mol. The molecule has 0 saturated heterocycles. The van der Waals surface area contributed by atoms with Gasteiger partial charge in [0.25, 0.3) is 0 Å². The van der Waals surface area contributed by atoms with Gasteiger partial charge in [0.2, 0.25) is 0 Å². The van der Waals surface area contributed by atoms with Crippen molar-refractivity contribution in [2.24, 2.45) is 0 Å². The molecule has 0 fully saturated rings. The Morgan fingerprint density at radius 3 is 0.962 bits per heavy atom. The smallest absolute Gasteiger partial charge is 0.326 e. The van der Waals surface area contributed by atoms with Crippen molar-refractivity contribution in [3.05, 3.63) is 94.0 Å². The topological polar surface area (TPSA) is 136 Å². The minimum Gasteiger partial charge on any atom is -0.507 e. The van der Waals surface area contributed by atoms with E-state index >= 15 is 0 Å². The summed E-state index contributed by atoms with van der Waals surface area (Å²) < 4.78 is 64.5. The molecule has 0 aliphatic heterocycles. The molecule has 53 heavy (non-hydrogen) atoms. The normalized spacial score (nSPS) is 13.4. The van der Waals surface area contributed by atoms with E-state index in [0.29, 0.717) is 33.4 Å². The maximum Gasteiger partial charge on any atom is 0.326 e. The standard InChI is InChI=1S/C42H54O9S2/c1-25-15-17-35(29(19-25)27-21-31(39(3,4)5)37(43)32(22-27)40(6,7)8)52(45,46)50-49-51-53(47,48)36-18-16-26(2)20-30(36)28-23-33(41(9,10)11)38(44)34(24-28)42(12,13)14/h15-24,43-44H,1-14H3. The molecule has 4 rings (SSSR count). The third-order valence-electron chi connectivity index (χ3n) is 9.12. The van der Waals surface area contributed by atoms with Crippen LogP contribution >= 0.6 is 0 Å². The maximum atomic E-state index is 13.7. The Morgan fingerprint density at radius 1 is 0.453 bits per heavy atom. The van der Waals surface area contributed by atoms with E-state index in [1.807, 2.05) is 96.9 Å². The molecule has 4 aromatic carbocycles. The van der Waals surface area contributed by atoms with Gasteiger partial charge in [0.15, 0.2) is 0 Å². The second-order valence-electron chi connectivity index (χ2n) is 18.0. The van der Waals surface area contributed by atoms with Crippen LogP contribution in [0.25, 0.3) is 22.3 Å². The van der Waals surface area contributed by atoms with Gasteiger partial charge in [-0.25, -0.2) is 0 Å². The van der Waals surface area contributed by atoms with Crippen molar-refractivity contribution in [1.82, 2.24) is 0 Å². The second kappa shape index (κ2) is 14.2. The number of phenols is 2. The second-order valence-corrected chi connectivity index (χ2v) is 20.9. The zero-order valence-electron chi connectivity index (χ0n) is 33.3. The first kappa shape index (κ1) is 42.0. The van der Waals surface area contributed by atoms with Crippen LogP contribution in [0.5, 0.6) is 11.5 Å². The largest absolute Gasteiger partial charge is 0.507 e. The molecule has 4 aromatic rings. The molecule has 0 radical (unpaired) electrons. The molecule has 0 spiro atoms. The van der Waals surface area contributed by atoms with E-state index in [2.05, 4.69) is 5.04 Å². The first-order chi connectivity index (χ1) is 23.9. The van der Waals surface area contributed by atoms with Crippen LogP contribution in [-0.4, -0.2) is 27.0 Å². The highest BCUT2D eigenvalue weighted by Crippen LogP contribution is 2.45. The highest BCUT2D eigenvalue weighted by Gasteiger charge is 2.32. The molecule has 0 bridgehead atoms. The zero-order chi connectivity index (χ0) is 40.3. The third kappa shape index (κ3) is 9.15. The minimum atomic E-state index is -4.79. The van der Waals surface area contributed by atoms with Crippen LogP contribution in [-0.2, 0) is 55.6 Å². The molecule has 0 amide bonds. The zero-order valence-corrected chi connectivity index (χ0v) is 35.0. The van der Waals surface area contributed by atoms with Crippen LogP contribution in [0.2, 0.25) is 0 Å². The lowest BCUT2D eigenvalue weighted by Crippen LogP contribution is -2.18. The van der Waals surface area contributed by atoms with Crippen molar-refractivity contribution in [2.75, 3.05) is 0 Å². The fourth-order valence-electron chi connectivity index (χ4n) is 6.20. The van der Waals surface area contributed by atoms with Crippen molar-refractivity contribution in [1.29, 1.82) is 0 Å². The number of aromatic hydroxyl groups is 2. The fraction of sp³-hybridized carbons (Fsp3) is 0.429. The van der Waals surface area contributed by atoms with Gasteiger partial charge in [-0.2, -0.15) is 16.8 Å². The number of aryl methyl sites for hydroxylation is 2. The average Bonchev–Trinajstić information content (AvgIpc) is 2.98. The molecule has 0 saturated carbocycles. The third-order valence-corrected chi connectivity index (χ3v) is 11.4. The van der Waals surface area contributed by atoms with Crippen molar-refractivity contribution >= 4 is 20.2 Å². The molecule has 0 unspecified atom stereocenters. The predicted molar refractivity (Wildman–Crippen MR) is 209 cm³/mol. The summed E-state index contributed by atoms with van der Waals surface area (Å²) in [4.78, 5) is -0.585. The van der Waals surface area contributed by atoms with Gasteiger partial charge in [-0.15, -0.1) is 0 Å². The van der Waals surface area contributed by atoms with Crippen LogP contribution in [0.15, 0.2) is 70.5 Å². The first-order valence-corrected chi connectivity index (χ1v) is 20.3. The van der Waals surface area contributed by atoms with Crippen LogP contribution in [0.4, 0.5) is 0 Å². The molecular weight excluding hydrogens is 713 g/mol. The van der Waals surface area contributed by atoms with E-state index in [1.165, 1.54) is 12.1 Å². The lowest BCUT2D eigenvalue weighted by molar-refractivity contribution is -0.407. The van der Waals surface area contributed by atoms with E-state index in [-0.39, 0.29) is 32.4 Å². The van der Waals surface area contributed by atoms with E-state index in [1.54, 1.807) is 48.5 Å². The van der Waals surface area contributed by atoms with Crippen LogP contribution in [0, 0.1) is 13.8 Å². The maximum absolute atomic E-state index is 13.7. The van der Waals surface area contributed by atoms with Gasteiger partial charge in [0.05, 0.1) is 0 Å². The van der Waals surface area contributed by atoms with E-state index in [0.717, 1.165) is 11.1 Å². The molecule has 0 aromatic heterocycles. The molecule has 9 nitrogen and oxygen atoms in total. The van der Waals surface area contributed by atoms with Crippen molar-refractivity contribution in [2.45, 2.75) is 128 Å². The summed E-state index contributed by atoms with van der Waals surface area (Å²) in [6.07, 6.45) is 0. The summed E-state index contributed by atoms with van der Waals surface area (Å²) >= 11 is 0. The Balaban J connectivity index is 1.76. The van der Waals surface area contributed by atoms with Crippen LogP contribution in [0.1, 0.15) is 116 Å². The molecule has 0 aliphatic carbocycles. The number of hydrogen-bond donors (Lipinski definition) is 2. The van der Waals surface area contributed by atoms with Crippen molar-refractivity contribution in [3.63, 3.8) is 0 Å². The van der Waals surface area contributed by atoms with Gasteiger partial charge >= 0.3 is 20.2 Å². The quantitative estimate of drug-likeness (QED) is 0.133. The summed E-state index contributed by atoms with van der Waals surface area (Å²) in [6, 6.07) is 16.2. The molecule has 0 aliphatic rings. The van der Waals surface area contributed by atoms with Crippen molar-refractivity contribution < 1.29 is 40.8 Å². The van der Waals surface area contributed by atoms with Gasteiger partial charge in [-0.05, 0) is 88.1 Å². The van der Waals surface area contributed by atoms with Gasteiger partial charge in [0, 0.05) is 33.4 Å². The number of benzene rings is 4. The summed E-state index contributed by atoms with van der Waals surface area (Å²) in [5.41, 5.74) is 3.65. The number of rotatable bonds is 8. The summed E-state index contributed by atoms with van der Waals surface area (Å²) in [7, 11) is -9.57. The summed E-state index contributed by atoms with van der Waals surface area (Å²) in [6.45, 7) is 27.1.